The van der Waals surface area contributed by atoms with Crippen LogP contribution in [-0.2, 0) is 14.3 Å². The molecular formula is C13H16O3. The van der Waals surface area contributed by atoms with Crippen LogP contribution in [0.1, 0.15) is 13.3 Å². The summed E-state index contributed by atoms with van der Waals surface area (Å²) in [5.74, 6) is 0.516. The van der Waals surface area contributed by atoms with Crippen molar-refractivity contribution in [1.29, 1.82) is 0 Å². The molecule has 3 nitrogen and oxygen atoms in total. The number of ether oxygens (including phenoxy) is 2. The van der Waals surface area contributed by atoms with E-state index < -0.39 is 0 Å². The van der Waals surface area contributed by atoms with Crippen molar-refractivity contribution in [1.82, 2.24) is 0 Å². The highest BCUT2D eigenvalue weighted by Gasteiger charge is 2.62. The van der Waals surface area contributed by atoms with Gasteiger partial charge in [0, 0.05) is 11.8 Å². The zero-order valence-corrected chi connectivity index (χ0v) is 9.55. The molecule has 0 aromatic carbocycles. The van der Waals surface area contributed by atoms with Crippen LogP contribution < -0.4 is 0 Å². The predicted octanol–water partition coefficient (Wildman–Crippen LogP) is 1.70. The van der Waals surface area contributed by atoms with Gasteiger partial charge in [0.05, 0.1) is 24.7 Å². The molecule has 2 aliphatic heterocycles. The van der Waals surface area contributed by atoms with Gasteiger partial charge in [-0.25, -0.2) is 0 Å². The Labute approximate surface area is 95.1 Å². The third kappa shape index (κ3) is 1.09. The normalized spacial score (nSPS) is 48.1. The largest absolute Gasteiger partial charge is 0.469 e. The summed E-state index contributed by atoms with van der Waals surface area (Å²) in [5, 5.41) is 0. The number of hydrogen-bond acceptors (Lipinski definition) is 3. The fraction of sp³-hybridized carbons (Fsp3) is 0.615. The van der Waals surface area contributed by atoms with Gasteiger partial charge in [-0.3, -0.25) is 4.79 Å². The lowest BCUT2D eigenvalue weighted by molar-refractivity contribution is -0.151. The van der Waals surface area contributed by atoms with Crippen LogP contribution >= 0.6 is 0 Å². The number of carbonyl (C=O) groups excluding carboxylic acids is 1. The summed E-state index contributed by atoms with van der Waals surface area (Å²) in [7, 11) is 1.45. The summed E-state index contributed by atoms with van der Waals surface area (Å²) in [4.78, 5) is 11.7. The Morgan fingerprint density at radius 1 is 1.44 bits per heavy atom. The molecule has 0 aromatic rings. The zero-order chi connectivity index (χ0) is 11.3. The Morgan fingerprint density at radius 2 is 2.19 bits per heavy atom. The van der Waals surface area contributed by atoms with Crippen molar-refractivity contribution in [2.75, 3.05) is 7.11 Å². The molecule has 3 heteroatoms. The smallest absolute Gasteiger partial charge is 0.311 e. The molecule has 0 radical (unpaired) electrons. The Kier molecular flexibility index (Phi) is 2.02. The first-order valence-corrected chi connectivity index (χ1v) is 5.77. The van der Waals surface area contributed by atoms with E-state index >= 15 is 0 Å². The van der Waals surface area contributed by atoms with E-state index in [0.29, 0.717) is 11.8 Å². The van der Waals surface area contributed by atoms with Crippen LogP contribution in [0, 0.1) is 17.8 Å². The van der Waals surface area contributed by atoms with Crippen LogP contribution in [-0.4, -0.2) is 24.8 Å². The molecule has 0 amide bonds. The van der Waals surface area contributed by atoms with Crippen LogP contribution in [0.15, 0.2) is 24.3 Å². The first-order chi connectivity index (χ1) is 7.66. The number of rotatable bonds is 1. The Bertz CT molecular complexity index is 385. The number of methoxy groups -OCH3 is 1. The Hall–Kier alpha value is -1.09. The van der Waals surface area contributed by atoms with Crippen LogP contribution in [0.25, 0.3) is 0 Å². The second-order valence-electron chi connectivity index (χ2n) is 5.02. The summed E-state index contributed by atoms with van der Waals surface area (Å²) in [5.41, 5.74) is -0.371. The molecule has 1 aliphatic carbocycles. The predicted molar refractivity (Wildman–Crippen MR) is 58.7 cm³/mol. The van der Waals surface area contributed by atoms with E-state index in [1.165, 1.54) is 7.11 Å². The van der Waals surface area contributed by atoms with Gasteiger partial charge in [-0.1, -0.05) is 24.3 Å². The van der Waals surface area contributed by atoms with Gasteiger partial charge in [-0.05, 0) is 13.3 Å². The fourth-order valence-corrected chi connectivity index (χ4v) is 3.49. The molecule has 0 aromatic heterocycles. The first-order valence-electron chi connectivity index (χ1n) is 5.77. The number of esters is 1. The van der Waals surface area contributed by atoms with Crippen molar-refractivity contribution in [3.8, 4) is 0 Å². The van der Waals surface area contributed by atoms with E-state index in [1.807, 2.05) is 13.0 Å². The average Bonchev–Trinajstić information content (AvgIpc) is 2.80. The van der Waals surface area contributed by atoms with Gasteiger partial charge in [-0.15, -0.1) is 0 Å². The zero-order valence-electron chi connectivity index (χ0n) is 9.55. The van der Waals surface area contributed by atoms with Crippen molar-refractivity contribution in [3.05, 3.63) is 24.3 Å². The van der Waals surface area contributed by atoms with Crippen LogP contribution in [0.3, 0.4) is 0 Å². The number of carbonyl (C=O) groups is 1. The fourth-order valence-electron chi connectivity index (χ4n) is 3.49. The van der Waals surface area contributed by atoms with E-state index in [-0.39, 0.29) is 23.6 Å². The molecule has 5 atom stereocenters. The summed E-state index contributed by atoms with van der Waals surface area (Å²) in [6.07, 6.45) is 9.46. The van der Waals surface area contributed by atoms with Gasteiger partial charge in [0.25, 0.3) is 0 Å². The van der Waals surface area contributed by atoms with E-state index in [2.05, 4.69) is 18.2 Å². The molecule has 3 aliphatic rings. The van der Waals surface area contributed by atoms with E-state index in [4.69, 9.17) is 9.47 Å². The minimum Gasteiger partial charge on any atom is -0.469 e. The van der Waals surface area contributed by atoms with Crippen LogP contribution in [0.2, 0.25) is 0 Å². The molecule has 3 rings (SSSR count). The molecule has 0 N–H and O–H groups in total. The van der Waals surface area contributed by atoms with Gasteiger partial charge in [0.1, 0.15) is 0 Å². The molecule has 16 heavy (non-hydrogen) atoms. The minimum absolute atomic E-state index is 0.111. The first kappa shape index (κ1) is 10.1. The van der Waals surface area contributed by atoms with E-state index in [1.54, 1.807) is 0 Å². The maximum absolute atomic E-state index is 11.7. The maximum atomic E-state index is 11.7. The van der Waals surface area contributed by atoms with Crippen molar-refractivity contribution in [2.45, 2.75) is 25.0 Å². The topological polar surface area (TPSA) is 35.5 Å². The molecule has 0 spiro atoms. The van der Waals surface area contributed by atoms with Gasteiger partial charge in [0.2, 0.25) is 0 Å². The molecule has 2 heterocycles. The Balaban J connectivity index is 1.94. The molecular weight excluding hydrogens is 204 g/mol. The van der Waals surface area contributed by atoms with Crippen LogP contribution in [0.5, 0.6) is 0 Å². The lowest BCUT2D eigenvalue weighted by atomic mass is 9.66. The van der Waals surface area contributed by atoms with Crippen molar-refractivity contribution >= 4 is 5.97 Å². The standard InChI is InChI=1S/C13H16O3/c1-13-9-6-4-3-5-8(9)11(16-13)7-10(13)12(14)15-2/h3-6,8-11H,7H2,1-2H3/t8?,9?,10?,11-,13-/m0/s1. The van der Waals surface area contributed by atoms with E-state index in [0.717, 1.165) is 6.42 Å². The maximum Gasteiger partial charge on any atom is 0.311 e. The van der Waals surface area contributed by atoms with Crippen molar-refractivity contribution in [2.24, 2.45) is 17.8 Å². The number of hydrogen-bond donors (Lipinski definition) is 0. The summed E-state index contributed by atoms with van der Waals surface area (Å²) in [6.45, 7) is 2.04. The second kappa shape index (κ2) is 3.20. The minimum atomic E-state index is -0.371. The average molecular weight is 220 g/mol. The number of fused-ring (bicyclic) bond motifs is 5. The monoisotopic (exact) mass is 220 g/mol. The molecule has 0 saturated carbocycles. The van der Waals surface area contributed by atoms with Gasteiger partial charge in [0.15, 0.2) is 0 Å². The second-order valence-corrected chi connectivity index (χ2v) is 5.02. The molecule has 86 valence electrons. The van der Waals surface area contributed by atoms with E-state index in [9.17, 15) is 4.79 Å². The highest BCUT2D eigenvalue weighted by Crippen LogP contribution is 2.56. The summed E-state index contributed by atoms with van der Waals surface area (Å²) < 4.78 is 10.9. The third-order valence-corrected chi connectivity index (χ3v) is 4.32. The van der Waals surface area contributed by atoms with Gasteiger partial charge < -0.3 is 9.47 Å². The quantitative estimate of drug-likeness (QED) is 0.631. The summed E-state index contributed by atoms with van der Waals surface area (Å²) >= 11 is 0. The summed E-state index contributed by atoms with van der Waals surface area (Å²) in [6, 6.07) is 0. The van der Waals surface area contributed by atoms with Crippen molar-refractivity contribution in [3.63, 3.8) is 0 Å². The third-order valence-electron chi connectivity index (χ3n) is 4.32. The molecule has 3 unspecified atom stereocenters. The number of allylic oxidation sites excluding steroid dienone is 2. The molecule has 2 bridgehead atoms. The van der Waals surface area contributed by atoms with Crippen LogP contribution in [0.4, 0.5) is 0 Å². The lowest BCUT2D eigenvalue weighted by Gasteiger charge is -2.36. The molecule has 2 fully saturated rings. The lowest BCUT2D eigenvalue weighted by Crippen LogP contribution is -2.45. The Morgan fingerprint density at radius 3 is 2.94 bits per heavy atom. The van der Waals surface area contributed by atoms with Gasteiger partial charge >= 0.3 is 5.97 Å². The highest BCUT2D eigenvalue weighted by atomic mass is 16.5. The highest BCUT2D eigenvalue weighted by molar-refractivity contribution is 5.75. The molecule has 2 saturated heterocycles. The SMILES string of the molecule is COC(=O)C1C[C@@H]2O[C@@]1(C)C1C=CC=CC12. The van der Waals surface area contributed by atoms with Gasteiger partial charge in [-0.2, -0.15) is 0 Å². The van der Waals surface area contributed by atoms with Crippen molar-refractivity contribution < 1.29 is 14.3 Å².